The summed E-state index contributed by atoms with van der Waals surface area (Å²) >= 11 is 0. The lowest BCUT2D eigenvalue weighted by Gasteiger charge is -2.18. The molecule has 11 nitrogen and oxygen atoms in total. The Morgan fingerprint density at radius 2 is 1.51 bits per heavy atom. The van der Waals surface area contributed by atoms with E-state index in [0.29, 0.717) is 28.7 Å². The summed E-state index contributed by atoms with van der Waals surface area (Å²) in [7, 11) is 2.91. The lowest BCUT2D eigenvalue weighted by Crippen LogP contribution is -2.43. The van der Waals surface area contributed by atoms with Crippen LogP contribution in [-0.4, -0.2) is 56.1 Å². The first-order valence-corrected chi connectivity index (χ1v) is 12.0. The van der Waals surface area contributed by atoms with Crippen LogP contribution in [0.25, 0.3) is 0 Å². The minimum atomic E-state index is -0.833. The monoisotopic (exact) mass is 533 g/mol. The van der Waals surface area contributed by atoms with E-state index in [1.807, 2.05) is 30.3 Å². The van der Waals surface area contributed by atoms with Crippen LogP contribution in [0, 0.1) is 5.92 Å². The molecule has 11 heteroatoms. The van der Waals surface area contributed by atoms with Crippen molar-refractivity contribution in [1.82, 2.24) is 10.4 Å². The van der Waals surface area contributed by atoms with Gasteiger partial charge in [-0.25, -0.2) is 0 Å². The van der Waals surface area contributed by atoms with Gasteiger partial charge in [-0.15, -0.1) is 0 Å². The molecule has 0 bridgehead atoms. The number of carbonyl (C=O) groups excluding carboxylic acids is 4. The van der Waals surface area contributed by atoms with Crippen LogP contribution in [0.3, 0.4) is 0 Å². The first-order valence-electron chi connectivity index (χ1n) is 12.0. The molecule has 39 heavy (non-hydrogen) atoms. The predicted octanol–water partition coefficient (Wildman–Crippen LogP) is 3.17. The maximum absolute atomic E-state index is 12.7. The Balaban J connectivity index is 1.24. The van der Waals surface area contributed by atoms with Gasteiger partial charge in [0.25, 0.3) is 11.8 Å². The Morgan fingerprint density at radius 3 is 2.15 bits per heavy atom. The summed E-state index contributed by atoms with van der Waals surface area (Å²) < 4.78 is 21.1. The van der Waals surface area contributed by atoms with E-state index in [1.54, 1.807) is 30.3 Å². The lowest BCUT2D eigenvalue weighted by molar-refractivity contribution is -0.151. The Hall–Kier alpha value is -5.06. The highest BCUT2D eigenvalue weighted by atomic mass is 16.5. The summed E-state index contributed by atoms with van der Waals surface area (Å²) in [5, 5.41) is 3.69. The van der Waals surface area contributed by atoms with Gasteiger partial charge in [0.2, 0.25) is 5.91 Å². The maximum Gasteiger partial charge on any atom is 0.311 e. The first kappa shape index (κ1) is 27.0. The fourth-order valence-corrected chi connectivity index (χ4v) is 3.78. The largest absolute Gasteiger partial charge is 0.497 e. The van der Waals surface area contributed by atoms with E-state index in [-0.39, 0.29) is 18.5 Å². The Kier molecular flexibility index (Phi) is 8.62. The number of anilines is 1. The second-order valence-electron chi connectivity index (χ2n) is 8.54. The Morgan fingerprint density at radius 1 is 0.872 bits per heavy atom. The summed E-state index contributed by atoms with van der Waals surface area (Å²) in [6.07, 6.45) is -0.162. The SMILES string of the molecule is COc1cc(OC)cc(C(=O)NN2C[C@@H](C(=O)OCC(=O)Nc3ccc(Oc4ccccc4)cc3)CC2=O)c1. The van der Waals surface area contributed by atoms with Crippen molar-refractivity contribution < 1.29 is 38.1 Å². The summed E-state index contributed by atoms with van der Waals surface area (Å²) in [5.41, 5.74) is 3.19. The van der Waals surface area contributed by atoms with Crippen LogP contribution in [0.2, 0.25) is 0 Å². The molecule has 4 rings (SSSR count). The second kappa shape index (κ2) is 12.5. The second-order valence-corrected chi connectivity index (χ2v) is 8.54. The zero-order valence-corrected chi connectivity index (χ0v) is 21.3. The van der Waals surface area contributed by atoms with Crippen LogP contribution in [-0.2, 0) is 19.1 Å². The van der Waals surface area contributed by atoms with E-state index in [0.717, 1.165) is 5.01 Å². The van der Waals surface area contributed by atoms with E-state index >= 15 is 0 Å². The molecule has 2 N–H and O–H groups in total. The molecule has 202 valence electrons. The summed E-state index contributed by atoms with van der Waals surface area (Å²) in [4.78, 5) is 49.8. The molecule has 3 amide bonds. The molecule has 0 radical (unpaired) electrons. The molecule has 0 aliphatic carbocycles. The molecule has 1 atom stereocenters. The number of methoxy groups -OCH3 is 2. The molecule has 1 saturated heterocycles. The van der Waals surface area contributed by atoms with Crippen LogP contribution >= 0.6 is 0 Å². The van der Waals surface area contributed by atoms with Gasteiger partial charge in [-0.3, -0.25) is 29.6 Å². The number of amides is 3. The number of hydrogen-bond donors (Lipinski definition) is 2. The van der Waals surface area contributed by atoms with Crippen LogP contribution < -0.4 is 25.0 Å². The molecular weight excluding hydrogens is 506 g/mol. The molecule has 1 aliphatic rings. The van der Waals surface area contributed by atoms with Gasteiger partial charge in [0.1, 0.15) is 23.0 Å². The molecule has 1 heterocycles. The predicted molar refractivity (Wildman–Crippen MR) is 139 cm³/mol. The number of nitrogens with zero attached hydrogens (tertiary/aromatic N) is 1. The third-order valence-corrected chi connectivity index (χ3v) is 5.77. The number of ether oxygens (including phenoxy) is 4. The van der Waals surface area contributed by atoms with Crippen molar-refractivity contribution in [2.24, 2.45) is 5.92 Å². The van der Waals surface area contributed by atoms with Gasteiger partial charge in [-0.05, 0) is 48.5 Å². The molecule has 0 spiro atoms. The highest BCUT2D eigenvalue weighted by Gasteiger charge is 2.36. The Bertz CT molecular complexity index is 1320. The van der Waals surface area contributed by atoms with Gasteiger partial charge >= 0.3 is 5.97 Å². The molecule has 0 unspecified atom stereocenters. The number of nitrogens with one attached hydrogen (secondary N) is 2. The number of hydrazine groups is 1. The summed E-state index contributed by atoms with van der Waals surface area (Å²) in [5.74, 6) is -1.03. The van der Waals surface area contributed by atoms with Crippen LogP contribution in [0.15, 0.2) is 72.8 Å². The first-order chi connectivity index (χ1) is 18.8. The fraction of sp³-hybridized carbons (Fsp3) is 0.214. The molecule has 3 aromatic carbocycles. The van der Waals surface area contributed by atoms with Gasteiger partial charge in [-0.1, -0.05) is 18.2 Å². The van der Waals surface area contributed by atoms with Gasteiger partial charge in [0.05, 0.1) is 26.7 Å². The molecular formula is C28H27N3O8. The van der Waals surface area contributed by atoms with Crippen molar-refractivity contribution in [1.29, 1.82) is 0 Å². The number of hydrogen-bond acceptors (Lipinski definition) is 8. The average molecular weight is 534 g/mol. The molecule has 3 aromatic rings. The topological polar surface area (TPSA) is 133 Å². The highest BCUT2D eigenvalue weighted by molar-refractivity contribution is 5.97. The highest BCUT2D eigenvalue weighted by Crippen LogP contribution is 2.24. The van der Waals surface area contributed by atoms with Gasteiger partial charge in [0, 0.05) is 23.7 Å². The molecule has 0 saturated carbocycles. The van der Waals surface area contributed by atoms with Gasteiger partial charge in [-0.2, -0.15) is 0 Å². The third-order valence-electron chi connectivity index (χ3n) is 5.77. The van der Waals surface area contributed by atoms with E-state index < -0.39 is 36.2 Å². The van der Waals surface area contributed by atoms with E-state index in [4.69, 9.17) is 18.9 Å². The minimum Gasteiger partial charge on any atom is -0.497 e. The molecule has 1 fully saturated rings. The average Bonchev–Trinajstić information content (AvgIpc) is 3.32. The zero-order chi connectivity index (χ0) is 27.8. The maximum atomic E-state index is 12.7. The van der Waals surface area contributed by atoms with Gasteiger partial charge in [0.15, 0.2) is 6.61 Å². The standard InChI is InChI=1S/C28H27N3O8/c1-36-23-12-18(13-24(15-23)37-2)27(34)30-31-16-19(14-26(31)33)28(35)38-17-25(32)29-20-8-10-22(11-9-20)39-21-6-4-3-5-7-21/h3-13,15,19H,14,16-17H2,1-2H3,(H,29,32)(H,30,34)/t19-/m0/s1. The van der Waals surface area contributed by atoms with Gasteiger partial charge < -0.3 is 24.3 Å². The van der Waals surface area contributed by atoms with Crippen LogP contribution in [0.5, 0.6) is 23.0 Å². The zero-order valence-electron chi connectivity index (χ0n) is 21.3. The lowest BCUT2D eigenvalue weighted by atomic mass is 10.1. The van der Waals surface area contributed by atoms with Crippen LogP contribution in [0.1, 0.15) is 16.8 Å². The van der Waals surface area contributed by atoms with E-state index in [1.165, 1.54) is 26.4 Å². The number of para-hydroxylation sites is 1. The van der Waals surface area contributed by atoms with Crippen molar-refractivity contribution in [2.75, 3.05) is 32.7 Å². The summed E-state index contributed by atoms with van der Waals surface area (Å²) in [6, 6.07) is 20.6. The normalized spacial score (nSPS) is 14.4. The summed E-state index contributed by atoms with van der Waals surface area (Å²) in [6.45, 7) is -0.614. The quantitative estimate of drug-likeness (QED) is 0.380. The van der Waals surface area contributed by atoms with Crippen molar-refractivity contribution in [2.45, 2.75) is 6.42 Å². The van der Waals surface area contributed by atoms with Crippen molar-refractivity contribution >= 4 is 29.4 Å². The van der Waals surface area contributed by atoms with Crippen molar-refractivity contribution in [3.63, 3.8) is 0 Å². The minimum absolute atomic E-state index is 0.0883. The number of benzene rings is 3. The number of esters is 1. The van der Waals surface area contributed by atoms with E-state index in [2.05, 4.69) is 10.7 Å². The third kappa shape index (κ3) is 7.25. The molecule has 1 aliphatic heterocycles. The number of carbonyl (C=O) groups is 4. The smallest absolute Gasteiger partial charge is 0.311 e. The Labute approximate surface area is 224 Å². The van der Waals surface area contributed by atoms with Crippen LogP contribution in [0.4, 0.5) is 5.69 Å². The molecule has 0 aromatic heterocycles. The van der Waals surface area contributed by atoms with E-state index in [9.17, 15) is 19.2 Å². The fourth-order valence-electron chi connectivity index (χ4n) is 3.78. The number of rotatable bonds is 10. The van der Waals surface area contributed by atoms with Crippen molar-refractivity contribution in [3.05, 3.63) is 78.4 Å². The van der Waals surface area contributed by atoms with Crippen molar-refractivity contribution in [3.8, 4) is 23.0 Å².